The maximum absolute atomic E-state index is 14.3. The Morgan fingerprint density at radius 3 is 2.31 bits per heavy atom. The number of hydrogen-bond acceptors (Lipinski definition) is 7. The first-order valence-corrected chi connectivity index (χ1v) is 11.6. The fraction of sp³-hybridized carbons (Fsp3) is 0.286. The number of benzene rings is 1. The Labute approximate surface area is 224 Å². The van der Waals surface area contributed by atoms with Gasteiger partial charge in [0.15, 0.2) is 5.03 Å². The Morgan fingerprint density at radius 1 is 1.11 bits per heavy atom. The number of carbonyl (C=O) groups excluding carboxylic acids is 2. The first-order chi connectivity index (χ1) is 15.9. The second-order valence-corrected chi connectivity index (χ2v) is 9.58. The SMILES string of the molecule is CC(C)c1cc(F)cc(-c2cncnc2)c1NC(=O)NS(=O)(=O)c1cc(C(=O)N(C)C)n(C)n1.[Na]. The molecule has 2 heterocycles. The number of rotatable bonds is 6. The molecule has 11 nitrogen and oxygen atoms in total. The van der Waals surface area contributed by atoms with Gasteiger partial charge in [0.25, 0.3) is 15.9 Å². The maximum Gasteiger partial charge on any atom is 0.333 e. The number of amides is 3. The van der Waals surface area contributed by atoms with Crippen LogP contribution in [0.2, 0.25) is 0 Å². The number of sulfonamides is 1. The van der Waals surface area contributed by atoms with E-state index in [1.807, 2.05) is 4.72 Å². The first kappa shape index (κ1) is 28.4. The summed E-state index contributed by atoms with van der Waals surface area (Å²) in [5.41, 5.74) is 1.40. The third kappa shape index (κ3) is 6.42. The number of nitrogens with zero attached hydrogens (tertiary/aromatic N) is 5. The summed E-state index contributed by atoms with van der Waals surface area (Å²) in [6.07, 6.45) is 4.20. The summed E-state index contributed by atoms with van der Waals surface area (Å²) in [5.74, 6) is -1.20. The average Bonchev–Trinajstić information content (AvgIpc) is 3.16. The molecule has 3 rings (SSSR count). The maximum atomic E-state index is 14.3. The van der Waals surface area contributed by atoms with E-state index in [1.165, 1.54) is 56.9 Å². The largest absolute Gasteiger partial charge is 0.343 e. The summed E-state index contributed by atoms with van der Waals surface area (Å²) < 4.78 is 42.9. The van der Waals surface area contributed by atoms with Gasteiger partial charge in [0, 0.05) is 80.3 Å². The van der Waals surface area contributed by atoms with Gasteiger partial charge in [-0.05, 0) is 23.6 Å². The number of anilines is 1. The molecule has 0 saturated carbocycles. The van der Waals surface area contributed by atoms with Gasteiger partial charge in [-0.3, -0.25) is 9.48 Å². The zero-order chi connectivity index (χ0) is 25.2. The van der Waals surface area contributed by atoms with Gasteiger partial charge >= 0.3 is 6.03 Å². The monoisotopic (exact) mass is 512 g/mol. The molecule has 0 saturated heterocycles. The van der Waals surface area contributed by atoms with Crippen molar-refractivity contribution in [2.45, 2.75) is 24.8 Å². The fourth-order valence-corrected chi connectivity index (χ4v) is 4.10. The van der Waals surface area contributed by atoms with E-state index in [-0.39, 0.29) is 52.4 Å². The molecule has 3 aromatic rings. The minimum atomic E-state index is -4.42. The molecule has 1 aromatic carbocycles. The standard InChI is InChI=1S/C21H24FN7O4S.Na/c1-12(2)15-6-14(22)7-16(13-9-23-11-24-10-13)19(15)25-21(31)27-34(32,33)18-8-17(29(5)26-18)20(30)28(3)4;/h6-12H,1-5H3,(H2,25,27,31);. The zero-order valence-corrected chi connectivity index (χ0v) is 23.0. The molecule has 35 heavy (non-hydrogen) atoms. The van der Waals surface area contributed by atoms with Crippen molar-refractivity contribution in [2.24, 2.45) is 7.05 Å². The molecule has 2 aromatic heterocycles. The first-order valence-electron chi connectivity index (χ1n) is 10.1. The number of urea groups is 1. The van der Waals surface area contributed by atoms with Crippen LogP contribution in [-0.2, 0) is 17.1 Å². The molecule has 0 aliphatic heterocycles. The van der Waals surface area contributed by atoms with Crippen LogP contribution in [0.1, 0.15) is 35.8 Å². The van der Waals surface area contributed by atoms with Crippen molar-refractivity contribution in [3.63, 3.8) is 0 Å². The van der Waals surface area contributed by atoms with Gasteiger partial charge < -0.3 is 10.2 Å². The fourth-order valence-electron chi connectivity index (χ4n) is 3.20. The molecule has 0 aliphatic rings. The van der Waals surface area contributed by atoms with Crippen LogP contribution in [0, 0.1) is 5.82 Å². The molecule has 181 valence electrons. The Morgan fingerprint density at radius 2 is 1.74 bits per heavy atom. The van der Waals surface area contributed by atoms with Crippen molar-refractivity contribution in [3.05, 3.63) is 54.0 Å². The minimum Gasteiger partial charge on any atom is -0.343 e. The zero-order valence-electron chi connectivity index (χ0n) is 20.2. The molecule has 1 radical (unpaired) electrons. The van der Waals surface area contributed by atoms with Crippen LogP contribution in [-0.4, -0.2) is 88.7 Å². The van der Waals surface area contributed by atoms with Crippen LogP contribution in [0.25, 0.3) is 11.1 Å². The van der Waals surface area contributed by atoms with Crippen LogP contribution in [0.3, 0.4) is 0 Å². The van der Waals surface area contributed by atoms with Crippen molar-refractivity contribution in [3.8, 4) is 11.1 Å². The van der Waals surface area contributed by atoms with Gasteiger partial charge in [-0.2, -0.15) is 13.5 Å². The van der Waals surface area contributed by atoms with Gasteiger partial charge in [-0.15, -0.1) is 0 Å². The third-order valence-corrected chi connectivity index (χ3v) is 6.06. The van der Waals surface area contributed by atoms with Crippen LogP contribution >= 0.6 is 0 Å². The van der Waals surface area contributed by atoms with E-state index in [2.05, 4.69) is 20.4 Å². The molecule has 14 heteroatoms. The quantitative estimate of drug-likeness (QED) is 0.482. The molecule has 0 atom stereocenters. The Bertz CT molecular complexity index is 1350. The topological polar surface area (TPSA) is 139 Å². The van der Waals surface area contributed by atoms with Crippen LogP contribution in [0.5, 0.6) is 0 Å². The number of halogens is 1. The molecular formula is C21H24FN7NaO4S. The molecule has 3 amide bonds. The van der Waals surface area contributed by atoms with E-state index in [9.17, 15) is 22.4 Å². The van der Waals surface area contributed by atoms with E-state index in [4.69, 9.17) is 0 Å². The van der Waals surface area contributed by atoms with Crippen LogP contribution in [0.4, 0.5) is 14.9 Å². The summed E-state index contributed by atoms with van der Waals surface area (Å²) in [5, 5.41) is 5.85. The van der Waals surface area contributed by atoms with Gasteiger partial charge in [0.2, 0.25) is 0 Å². The number of aryl methyl sites for hydroxylation is 1. The van der Waals surface area contributed by atoms with Crippen LogP contribution < -0.4 is 10.0 Å². The van der Waals surface area contributed by atoms with E-state index in [0.29, 0.717) is 11.1 Å². The molecule has 0 aliphatic carbocycles. The number of nitrogens with one attached hydrogen (secondary N) is 2. The van der Waals surface area contributed by atoms with E-state index < -0.39 is 32.8 Å². The van der Waals surface area contributed by atoms with Gasteiger partial charge in [-0.25, -0.2) is 23.9 Å². The van der Waals surface area contributed by atoms with Gasteiger partial charge in [0.1, 0.15) is 17.8 Å². The van der Waals surface area contributed by atoms with Gasteiger partial charge in [0.05, 0.1) is 5.69 Å². The van der Waals surface area contributed by atoms with Crippen molar-refractivity contribution >= 4 is 57.2 Å². The number of aromatic nitrogens is 4. The van der Waals surface area contributed by atoms with Crippen molar-refractivity contribution in [1.29, 1.82) is 0 Å². The summed E-state index contributed by atoms with van der Waals surface area (Å²) in [4.78, 5) is 34.1. The Kier molecular flexibility index (Phi) is 9.11. The molecule has 0 unspecified atom stereocenters. The van der Waals surface area contributed by atoms with E-state index in [0.717, 1.165) is 10.7 Å². The second-order valence-electron chi connectivity index (χ2n) is 7.95. The molecule has 0 fully saturated rings. The summed E-state index contributed by atoms with van der Waals surface area (Å²) in [6.45, 7) is 3.61. The smallest absolute Gasteiger partial charge is 0.333 e. The summed E-state index contributed by atoms with van der Waals surface area (Å²) >= 11 is 0. The van der Waals surface area contributed by atoms with E-state index >= 15 is 0 Å². The molecule has 0 bridgehead atoms. The molecular weight excluding hydrogens is 488 g/mol. The van der Waals surface area contributed by atoms with E-state index in [1.54, 1.807) is 13.8 Å². The van der Waals surface area contributed by atoms with Crippen molar-refractivity contribution in [1.82, 2.24) is 29.4 Å². The molecule has 2 N–H and O–H groups in total. The third-order valence-electron chi connectivity index (χ3n) is 4.85. The predicted octanol–water partition coefficient (Wildman–Crippen LogP) is 1.97. The van der Waals surface area contributed by atoms with Crippen LogP contribution in [0.15, 0.2) is 41.9 Å². The number of hydrogen-bond donors (Lipinski definition) is 2. The summed E-state index contributed by atoms with van der Waals surface area (Å²) in [7, 11) is 0.0183. The van der Waals surface area contributed by atoms with Crippen molar-refractivity contribution < 1.29 is 22.4 Å². The minimum absolute atomic E-state index is 0. The average molecular weight is 513 g/mol. The Hall–Kier alpha value is -2.87. The number of carbonyl (C=O) groups is 2. The predicted molar refractivity (Wildman–Crippen MR) is 128 cm³/mol. The normalized spacial score (nSPS) is 11.1. The van der Waals surface area contributed by atoms with Crippen molar-refractivity contribution in [2.75, 3.05) is 19.4 Å². The Balaban J connectivity index is 0.00000432. The van der Waals surface area contributed by atoms with Gasteiger partial charge in [-0.1, -0.05) is 13.8 Å². The molecule has 0 spiro atoms. The second kappa shape index (κ2) is 11.2. The summed E-state index contributed by atoms with van der Waals surface area (Å²) in [6, 6.07) is 2.45.